The molecule has 1 aromatic carbocycles. The van der Waals surface area contributed by atoms with E-state index < -0.39 is 23.1 Å². The molecule has 0 amide bonds. The fraction of sp³-hybridized carbons (Fsp3) is 0.417. The number of alkyl halides is 3. The Kier molecular flexibility index (Phi) is 3.50. The predicted octanol–water partition coefficient (Wildman–Crippen LogP) is 3.36. The van der Waals surface area contributed by atoms with E-state index in [4.69, 9.17) is 5.11 Å². The molecule has 0 aliphatic rings. The van der Waals surface area contributed by atoms with Crippen molar-refractivity contribution in [3.8, 4) is 0 Å². The van der Waals surface area contributed by atoms with Crippen molar-refractivity contribution in [3.05, 3.63) is 35.4 Å². The third-order valence-electron chi connectivity index (χ3n) is 2.53. The summed E-state index contributed by atoms with van der Waals surface area (Å²) in [6.07, 6.45) is -4.61. The predicted molar refractivity (Wildman–Crippen MR) is 56.6 cm³/mol. The number of aliphatic carboxylic acids is 1. The maximum absolute atomic E-state index is 12.7. The Morgan fingerprint density at radius 3 is 2.24 bits per heavy atom. The molecule has 0 aliphatic heterocycles. The summed E-state index contributed by atoms with van der Waals surface area (Å²) in [5, 5.41) is 8.92. The number of rotatable bonds is 3. The van der Waals surface area contributed by atoms with Gasteiger partial charge in [-0.05, 0) is 31.9 Å². The van der Waals surface area contributed by atoms with Crippen LogP contribution in [0.4, 0.5) is 13.2 Å². The largest absolute Gasteiger partial charge is 0.481 e. The molecule has 0 spiro atoms. The lowest BCUT2D eigenvalue weighted by atomic mass is 9.84. The maximum atomic E-state index is 12.7. The molecule has 0 aromatic heterocycles. The van der Waals surface area contributed by atoms with Gasteiger partial charge in [0.15, 0.2) is 0 Å². The number of carbonyl (C=O) groups is 1. The van der Waals surface area contributed by atoms with E-state index in [1.807, 2.05) is 0 Å². The van der Waals surface area contributed by atoms with E-state index in [9.17, 15) is 18.0 Å². The molecule has 0 bridgehead atoms. The molecule has 0 fully saturated rings. The number of hydrogen-bond acceptors (Lipinski definition) is 1. The minimum absolute atomic E-state index is 0.00685. The van der Waals surface area contributed by atoms with Crippen molar-refractivity contribution in [1.29, 1.82) is 0 Å². The first-order valence-electron chi connectivity index (χ1n) is 5.03. The number of hydrogen-bond donors (Lipinski definition) is 1. The Morgan fingerprint density at radius 1 is 1.24 bits per heavy atom. The summed E-state index contributed by atoms with van der Waals surface area (Å²) in [5.74, 6) is -1.12. The molecule has 1 aromatic rings. The second-order valence-corrected chi connectivity index (χ2v) is 4.52. The van der Waals surface area contributed by atoms with Crippen LogP contribution in [0.3, 0.4) is 0 Å². The standard InChI is InChI=1S/C12H13F3O2/c1-11(2,10(16)17)7-8-5-3-4-6-9(8)12(13,14)15/h3-6H,7H2,1-2H3,(H,16,17). The molecular formula is C12H13F3O2. The van der Waals surface area contributed by atoms with Crippen molar-refractivity contribution in [2.24, 2.45) is 5.41 Å². The minimum Gasteiger partial charge on any atom is -0.481 e. The van der Waals surface area contributed by atoms with Crippen LogP contribution in [0.2, 0.25) is 0 Å². The summed E-state index contributed by atoms with van der Waals surface area (Å²) >= 11 is 0. The Hall–Kier alpha value is -1.52. The fourth-order valence-corrected chi connectivity index (χ4v) is 1.50. The molecule has 0 heterocycles. The summed E-state index contributed by atoms with van der Waals surface area (Å²) in [6.45, 7) is 2.81. The van der Waals surface area contributed by atoms with E-state index in [2.05, 4.69) is 0 Å². The Morgan fingerprint density at radius 2 is 1.76 bits per heavy atom. The summed E-state index contributed by atoms with van der Waals surface area (Å²) in [6, 6.07) is 5.05. The highest BCUT2D eigenvalue weighted by molar-refractivity contribution is 5.74. The van der Waals surface area contributed by atoms with Crippen molar-refractivity contribution in [3.63, 3.8) is 0 Å². The topological polar surface area (TPSA) is 37.3 Å². The second-order valence-electron chi connectivity index (χ2n) is 4.52. The van der Waals surface area contributed by atoms with Crippen LogP contribution in [0.25, 0.3) is 0 Å². The first-order valence-corrected chi connectivity index (χ1v) is 5.03. The van der Waals surface area contributed by atoms with E-state index in [1.54, 1.807) is 0 Å². The zero-order valence-corrected chi connectivity index (χ0v) is 9.51. The zero-order chi connectivity index (χ0) is 13.3. The van der Waals surface area contributed by atoms with Crippen molar-refractivity contribution in [2.75, 3.05) is 0 Å². The molecule has 0 unspecified atom stereocenters. The van der Waals surface area contributed by atoms with Crippen LogP contribution in [-0.2, 0) is 17.4 Å². The number of carboxylic acids is 1. The van der Waals surface area contributed by atoms with Crippen LogP contribution in [-0.4, -0.2) is 11.1 Å². The quantitative estimate of drug-likeness (QED) is 0.887. The van der Waals surface area contributed by atoms with Crippen LogP contribution in [0, 0.1) is 5.41 Å². The maximum Gasteiger partial charge on any atom is 0.416 e. The lowest BCUT2D eigenvalue weighted by Crippen LogP contribution is -2.27. The molecule has 0 saturated carbocycles. The highest BCUT2D eigenvalue weighted by Crippen LogP contribution is 2.34. The van der Waals surface area contributed by atoms with Crippen molar-refractivity contribution in [2.45, 2.75) is 26.4 Å². The highest BCUT2D eigenvalue weighted by atomic mass is 19.4. The first-order chi connectivity index (χ1) is 7.64. The molecule has 1 N–H and O–H groups in total. The van der Waals surface area contributed by atoms with Gasteiger partial charge in [-0.15, -0.1) is 0 Å². The Balaban J connectivity index is 3.12. The summed E-state index contributed by atoms with van der Waals surface area (Å²) in [4.78, 5) is 10.9. The number of carboxylic acid groups (broad SMARTS) is 1. The average molecular weight is 246 g/mol. The van der Waals surface area contributed by atoms with Crippen LogP contribution in [0.1, 0.15) is 25.0 Å². The van der Waals surface area contributed by atoms with Gasteiger partial charge < -0.3 is 5.11 Å². The third-order valence-corrected chi connectivity index (χ3v) is 2.53. The van der Waals surface area contributed by atoms with E-state index in [0.29, 0.717) is 0 Å². The molecule has 0 saturated heterocycles. The van der Waals surface area contributed by atoms with E-state index in [0.717, 1.165) is 6.07 Å². The van der Waals surface area contributed by atoms with Gasteiger partial charge in [0.2, 0.25) is 0 Å². The van der Waals surface area contributed by atoms with Gasteiger partial charge in [0.05, 0.1) is 11.0 Å². The van der Waals surface area contributed by atoms with Gasteiger partial charge >= 0.3 is 12.1 Å². The summed E-state index contributed by atoms with van der Waals surface area (Å²) in [7, 11) is 0. The van der Waals surface area contributed by atoms with Gasteiger partial charge in [-0.1, -0.05) is 18.2 Å². The number of benzene rings is 1. The Labute approximate surface area is 97.1 Å². The zero-order valence-electron chi connectivity index (χ0n) is 9.51. The molecular weight excluding hydrogens is 233 g/mol. The van der Waals surface area contributed by atoms with Crippen LogP contribution in [0.15, 0.2) is 24.3 Å². The van der Waals surface area contributed by atoms with Gasteiger partial charge in [0, 0.05) is 0 Å². The SMILES string of the molecule is CC(C)(Cc1ccccc1C(F)(F)F)C(=O)O. The molecule has 17 heavy (non-hydrogen) atoms. The molecule has 0 aliphatic carbocycles. The molecule has 1 rings (SSSR count). The molecule has 5 heteroatoms. The monoisotopic (exact) mass is 246 g/mol. The Bertz CT molecular complexity index is 422. The molecule has 94 valence electrons. The smallest absolute Gasteiger partial charge is 0.416 e. The van der Waals surface area contributed by atoms with Gasteiger partial charge in [-0.3, -0.25) is 4.79 Å². The van der Waals surface area contributed by atoms with Crippen molar-refractivity contribution >= 4 is 5.97 Å². The lowest BCUT2D eigenvalue weighted by Gasteiger charge is -2.21. The van der Waals surface area contributed by atoms with E-state index >= 15 is 0 Å². The van der Waals surface area contributed by atoms with Gasteiger partial charge in [0.1, 0.15) is 0 Å². The minimum atomic E-state index is -4.45. The fourth-order valence-electron chi connectivity index (χ4n) is 1.50. The van der Waals surface area contributed by atoms with E-state index in [-0.39, 0.29) is 12.0 Å². The molecule has 0 atom stereocenters. The summed E-state index contributed by atoms with van der Waals surface area (Å²) in [5.41, 5.74) is -1.98. The highest BCUT2D eigenvalue weighted by Gasteiger charge is 2.36. The van der Waals surface area contributed by atoms with Crippen molar-refractivity contribution < 1.29 is 23.1 Å². The molecule has 0 radical (unpaired) electrons. The second kappa shape index (κ2) is 4.39. The van der Waals surface area contributed by atoms with Crippen molar-refractivity contribution in [1.82, 2.24) is 0 Å². The van der Waals surface area contributed by atoms with Crippen LogP contribution >= 0.6 is 0 Å². The van der Waals surface area contributed by atoms with Gasteiger partial charge in [0.25, 0.3) is 0 Å². The third kappa shape index (κ3) is 3.22. The van der Waals surface area contributed by atoms with Crippen LogP contribution < -0.4 is 0 Å². The normalized spacial score (nSPS) is 12.5. The number of halogens is 3. The van der Waals surface area contributed by atoms with Crippen LogP contribution in [0.5, 0.6) is 0 Å². The first kappa shape index (κ1) is 13.5. The van der Waals surface area contributed by atoms with Gasteiger partial charge in [-0.2, -0.15) is 13.2 Å². The van der Waals surface area contributed by atoms with Gasteiger partial charge in [-0.25, -0.2) is 0 Å². The lowest BCUT2D eigenvalue weighted by molar-refractivity contribution is -0.148. The average Bonchev–Trinajstić information content (AvgIpc) is 2.15. The van der Waals surface area contributed by atoms with E-state index in [1.165, 1.54) is 32.0 Å². The molecule has 2 nitrogen and oxygen atoms in total. The summed E-state index contributed by atoms with van der Waals surface area (Å²) < 4.78 is 38.0.